The number of oxime groups is 1. The molecule has 0 aromatic heterocycles. The highest BCUT2D eigenvalue weighted by Gasteiger charge is 2.57. The summed E-state index contributed by atoms with van der Waals surface area (Å²) in [4.78, 5) is 8.23. The van der Waals surface area contributed by atoms with Gasteiger partial charge in [0.25, 0.3) is 0 Å². The lowest BCUT2D eigenvalue weighted by Crippen LogP contribution is -2.62. The summed E-state index contributed by atoms with van der Waals surface area (Å²) >= 11 is 0. The molecule has 3 aliphatic carbocycles. The molecule has 2 aromatic carbocycles. The molecule has 0 unspecified atom stereocenters. The van der Waals surface area contributed by atoms with Crippen LogP contribution in [-0.4, -0.2) is 36.3 Å². The van der Waals surface area contributed by atoms with Gasteiger partial charge in [-0.25, -0.2) is 0 Å². The van der Waals surface area contributed by atoms with Crippen LogP contribution in [0, 0.1) is 5.92 Å². The number of hydrogen-bond acceptors (Lipinski definition) is 3. The lowest BCUT2D eigenvalue weighted by Gasteiger charge is -2.60. The smallest absolute Gasteiger partial charge is 0.106 e. The minimum absolute atomic E-state index is 0.202. The van der Waals surface area contributed by atoms with E-state index in [0.717, 1.165) is 6.42 Å². The van der Waals surface area contributed by atoms with Crippen molar-refractivity contribution < 1.29 is 4.84 Å². The van der Waals surface area contributed by atoms with Crippen molar-refractivity contribution in [2.45, 2.75) is 55.9 Å². The molecule has 3 heteroatoms. The second-order valence-corrected chi connectivity index (χ2v) is 9.18. The zero-order valence-corrected chi connectivity index (χ0v) is 17.5. The van der Waals surface area contributed by atoms with Crippen molar-refractivity contribution in [2.24, 2.45) is 11.1 Å². The summed E-state index contributed by atoms with van der Waals surface area (Å²) in [5.74, 6) is 1.42. The first-order valence-corrected chi connectivity index (χ1v) is 11.3. The average molecular weight is 389 g/mol. The van der Waals surface area contributed by atoms with Crippen molar-refractivity contribution in [1.29, 1.82) is 0 Å². The number of piperidine rings is 1. The SMILES string of the molecule is CO/N=C1/CC2(N3CCCCC3)C[C@@H](c3ccccc3)C1[C@H](c1ccccc1)C2. The van der Waals surface area contributed by atoms with Gasteiger partial charge in [-0.05, 0) is 61.7 Å². The van der Waals surface area contributed by atoms with E-state index in [2.05, 4.69) is 70.7 Å². The van der Waals surface area contributed by atoms with Gasteiger partial charge in [-0.3, -0.25) is 4.90 Å². The first-order valence-electron chi connectivity index (χ1n) is 11.3. The Morgan fingerprint density at radius 3 is 1.90 bits per heavy atom. The normalized spacial score (nSPS) is 33.7. The highest BCUT2D eigenvalue weighted by molar-refractivity contribution is 5.91. The van der Waals surface area contributed by atoms with Crippen LogP contribution < -0.4 is 0 Å². The molecule has 1 saturated heterocycles. The standard InChI is InChI=1S/C26H32N2O/c1-29-27-24-19-26(28-15-9-4-10-16-28)17-22(20-11-5-2-6-12-20)25(24)23(18-26)21-13-7-3-8-14-21/h2-3,5-8,11-14,22-23,25H,4,9-10,15-19H2,1H3/b27-24-/t22-,23-,25?,26?/m0/s1. The predicted octanol–water partition coefficient (Wildman–Crippen LogP) is 5.59. The van der Waals surface area contributed by atoms with Crippen LogP contribution in [-0.2, 0) is 4.84 Å². The van der Waals surface area contributed by atoms with Crippen LogP contribution in [0.3, 0.4) is 0 Å². The van der Waals surface area contributed by atoms with Crippen molar-refractivity contribution in [1.82, 2.24) is 4.90 Å². The molecular weight excluding hydrogens is 356 g/mol. The molecule has 2 aromatic rings. The molecule has 0 spiro atoms. The Hall–Kier alpha value is -2.13. The first kappa shape index (κ1) is 18.9. The van der Waals surface area contributed by atoms with E-state index >= 15 is 0 Å². The van der Waals surface area contributed by atoms with Gasteiger partial charge >= 0.3 is 0 Å². The van der Waals surface area contributed by atoms with Crippen molar-refractivity contribution in [2.75, 3.05) is 20.2 Å². The zero-order valence-electron chi connectivity index (χ0n) is 17.5. The van der Waals surface area contributed by atoms with Crippen LogP contribution in [0.5, 0.6) is 0 Å². The third kappa shape index (κ3) is 3.40. The summed E-state index contributed by atoms with van der Waals surface area (Å²) in [5.41, 5.74) is 4.40. The lowest BCUT2D eigenvalue weighted by atomic mass is 9.52. The third-order valence-electron chi connectivity index (χ3n) is 7.65. The monoisotopic (exact) mass is 388 g/mol. The topological polar surface area (TPSA) is 24.8 Å². The van der Waals surface area contributed by atoms with Crippen molar-refractivity contribution >= 4 is 5.71 Å². The van der Waals surface area contributed by atoms with Crippen molar-refractivity contribution in [3.05, 3.63) is 71.8 Å². The molecule has 1 heterocycles. The molecule has 2 bridgehead atoms. The summed E-state index contributed by atoms with van der Waals surface area (Å²) in [5, 5.41) is 4.65. The molecule has 0 N–H and O–H groups in total. The van der Waals surface area contributed by atoms with Crippen LogP contribution in [0.1, 0.15) is 61.5 Å². The van der Waals surface area contributed by atoms with Gasteiger partial charge in [0, 0.05) is 17.9 Å². The van der Waals surface area contributed by atoms with E-state index in [0.29, 0.717) is 17.8 Å². The molecule has 0 radical (unpaired) electrons. The Bertz CT molecular complexity index is 792. The minimum atomic E-state index is 0.202. The Morgan fingerprint density at radius 2 is 1.38 bits per heavy atom. The van der Waals surface area contributed by atoms with Crippen LogP contribution >= 0.6 is 0 Å². The van der Waals surface area contributed by atoms with Crippen LogP contribution in [0.2, 0.25) is 0 Å². The van der Waals surface area contributed by atoms with E-state index in [1.807, 2.05) is 0 Å². The molecule has 3 nitrogen and oxygen atoms in total. The molecule has 29 heavy (non-hydrogen) atoms. The highest BCUT2D eigenvalue weighted by atomic mass is 16.6. The second kappa shape index (κ2) is 7.95. The Labute approximate surface area is 174 Å². The van der Waals surface area contributed by atoms with E-state index in [4.69, 9.17) is 4.84 Å². The number of rotatable bonds is 4. The summed E-state index contributed by atoms with van der Waals surface area (Å²) < 4.78 is 0. The minimum Gasteiger partial charge on any atom is -0.399 e. The third-order valence-corrected chi connectivity index (χ3v) is 7.65. The molecule has 0 amide bonds. The molecule has 3 saturated carbocycles. The van der Waals surface area contributed by atoms with Crippen molar-refractivity contribution in [3.63, 3.8) is 0 Å². The maximum atomic E-state index is 5.40. The molecule has 6 rings (SSSR count). The summed E-state index contributed by atoms with van der Waals surface area (Å²) in [6, 6.07) is 22.3. The van der Waals surface area contributed by atoms with Crippen LogP contribution in [0.15, 0.2) is 65.8 Å². The molecule has 4 fully saturated rings. The van der Waals surface area contributed by atoms with Gasteiger partial charge < -0.3 is 4.84 Å². The second-order valence-electron chi connectivity index (χ2n) is 9.18. The predicted molar refractivity (Wildman–Crippen MR) is 118 cm³/mol. The van der Waals surface area contributed by atoms with Crippen LogP contribution in [0.25, 0.3) is 0 Å². The zero-order chi connectivity index (χ0) is 19.7. The van der Waals surface area contributed by atoms with Crippen molar-refractivity contribution in [3.8, 4) is 0 Å². The molecule has 1 aliphatic heterocycles. The number of nitrogens with zero attached hydrogens (tertiary/aromatic N) is 2. The Kier molecular flexibility index (Phi) is 5.17. The Morgan fingerprint density at radius 1 is 0.828 bits per heavy atom. The average Bonchev–Trinajstić information content (AvgIpc) is 2.81. The van der Waals surface area contributed by atoms with Gasteiger partial charge in [0.15, 0.2) is 0 Å². The number of benzene rings is 2. The van der Waals surface area contributed by atoms with E-state index in [1.165, 1.54) is 62.0 Å². The van der Waals surface area contributed by atoms with Gasteiger partial charge in [0.2, 0.25) is 0 Å². The van der Waals surface area contributed by atoms with Gasteiger partial charge in [0.05, 0.1) is 5.71 Å². The van der Waals surface area contributed by atoms with Crippen LogP contribution in [0.4, 0.5) is 0 Å². The summed E-state index contributed by atoms with van der Waals surface area (Å²) in [7, 11) is 1.71. The molecule has 152 valence electrons. The fourth-order valence-corrected chi connectivity index (χ4v) is 6.50. The number of fused-ring (bicyclic) bond motifs is 3. The molecular formula is C26H32N2O. The molecule has 2 atom stereocenters. The van der Waals surface area contributed by atoms with Gasteiger partial charge in [0.1, 0.15) is 7.11 Å². The van der Waals surface area contributed by atoms with Gasteiger partial charge in [-0.1, -0.05) is 72.2 Å². The fraction of sp³-hybridized carbons (Fsp3) is 0.500. The van der Waals surface area contributed by atoms with Gasteiger partial charge in [-0.15, -0.1) is 0 Å². The lowest BCUT2D eigenvalue weighted by molar-refractivity contribution is -0.00260. The van der Waals surface area contributed by atoms with E-state index in [1.54, 1.807) is 7.11 Å². The van der Waals surface area contributed by atoms with E-state index in [9.17, 15) is 0 Å². The quantitative estimate of drug-likeness (QED) is 0.637. The van der Waals surface area contributed by atoms with Gasteiger partial charge in [-0.2, -0.15) is 0 Å². The fourth-order valence-electron chi connectivity index (χ4n) is 6.50. The maximum absolute atomic E-state index is 5.40. The maximum Gasteiger partial charge on any atom is 0.106 e. The van der Waals surface area contributed by atoms with E-state index < -0.39 is 0 Å². The molecule has 4 aliphatic rings. The number of likely N-dealkylation sites (tertiary alicyclic amines) is 1. The van der Waals surface area contributed by atoms with E-state index in [-0.39, 0.29) is 5.54 Å². The summed E-state index contributed by atoms with van der Waals surface area (Å²) in [6.45, 7) is 2.46. The largest absolute Gasteiger partial charge is 0.399 e. The Balaban J connectivity index is 1.63. The summed E-state index contributed by atoms with van der Waals surface area (Å²) in [6.07, 6.45) is 7.58. The highest BCUT2D eigenvalue weighted by Crippen LogP contribution is 2.59. The first-order chi connectivity index (χ1) is 14.3. The number of hydrogen-bond donors (Lipinski definition) is 0.